The minimum absolute atomic E-state index is 0.119. The monoisotopic (exact) mass is 366 g/mol. The van der Waals surface area contributed by atoms with Crippen LogP contribution in [0, 0.1) is 0 Å². The number of amides is 1. The number of rotatable bonds is 8. The van der Waals surface area contributed by atoms with Crippen LogP contribution in [0.15, 0.2) is 52.8 Å². The average molecular weight is 366 g/mol. The summed E-state index contributed by atoms with van der Waals surface area (Å²) in [7, 11) is 1.45. The number of ether oxygens (including phenoxy) is 2. The molecule has 0 spiro atoms. The van der Waals surface area contributed by atoms with Crippen LogP contribution >= 0.6 is 0 Å². The second-order valence-electron chi connectivity index (χ2n) is 5.83. The summed E-state index contributed by atoms with van der Waals surface area (Å²) in [6.07, 6.45) is 2.32. The predicted molar refractivity (Wildman–Crippen MR) is 99.5 cm³/mol. The van der Waals surface area contributed by atoms with Crippen molar-refractivity contribution in [1.82, 2.24) is 4.98 Å². The molecular weight excluding hydrogens is 348 g/mol. The van der Waals surface area contributed by atoms with E-state index >= 15 is 0 Å². The highest BCUT2D eigenvalue weighted by Crippen LogP contribution is 2.28. The third-order valence-electron chi connectivity index (χ3n) is 3.86. The number of hydrogen-bond acceptors (Lipinski definition) is 7. The van der Waals surface area contributed by atoms with E-state index in [1.807, 2.05) is 18.2 Å². The minimum Gasteiger partial charge on any atom is -0.493 e. The van der Waals surface area contributed by atoms with E-state index in [-0.39, 0.29) is 18.8 Å². The molecule has 0 unspecified atom stereocenters. The van der Waals surface area contributed by atoms with Crippen LogP contribution in [0.1, 0.15) is 28.9 Å². The van der Waals surface area contributed by atoms with Crippen LogP contribution in [0.5, 0.6) is 11.5 Å². The van der Waals surface area contributed by atoms with Gasteiger partial charge in [0.15, 0.2) is 23.9 Å². The Morgan fingerprint density at radius 1 is 1.15 bits per heavy atom. The van der Waals surface area contributed by atoms with Gasteiger partial charge in [-0.2, -0.15) is 10.2 Å². The summed E-state index contributed by atoms with van der Waals surface area (Å²) in [6, 6.07) is 10.3. The molecule has 0 radical (unpaired) electrons. The summed E-state index contributed by atoms with van der Waals surface area (Å²) in [5.41, 5.74) is 7.69. The number of ketones is 1. The molecule has 1 aliphatic rings. The largest absolute Gasteiger partial charge is 0.493 e. The van der Waals surface area contributed by atoms with Gasteiger partial charge in [-0.05, 0) is 30.3 Å². The van der Waals surface area contributed by atoms with Gasteiger partial charge in [0.1, 0.15) is 0 Å². The van der Waals surface area contributed by atoms with E-state index in [9.17, 15) is 9.59 Å². The lowest BCUT2D eigenvalue weighted by atomic mass is 10.0. The van der Waals surface area contributed by atoms with Gasteiger partial charge in [-0.1, -0.05) is 6.07 Å². The Balaban J connectivity index is 1.64. The number of hydrogen-bond donors (Lipinski definition) is 1. The molecule has 0 atom stereocenters. The van der Waals surface area contributed by atoms with Crippen LogP contribution in [0.2, 0.25) is 0 Å². The Bertz CT molecular complexity index is 923. The number of carbonyl (C=O) groups is 2. The molecule has 2 heterocycles. The maximum atomic E-state index is 12.6. The summed E-state index contributed by atoms with van der Waals surface area (Å²) in [6.45, 7) is -0.270. The molecular formula is C19H18N4O4. The maximum absolute atomic E-state index is 12.6. The lowest BCUT2D eigenvalue weighted by molar-refractivity contribution is -0.119. The van der Waals surface area contributed by atoms with Crippen molar-refractivity contribution < 1.29 is 19.1 Å². The quantitative estimate of drug-likeness (QED) is 0.715. The number of methoxy groups -OCH3 is 1. The zero-order valence-electron chi connectivity index (χ0n) is 14.7. The van der Waals surface area contributed by atoms with Crippen LogP contribution in [0.25, 0.3) is 0 Å². The number of nitrogens with two attached hydrogens (primary N) is 1. The molecule has 0 saturated heterocycles. The minimum atomic E-state index is -0.597. The molecule has 0 saturated carbocycles. The lowest BCUT2D eigenvalue weighted by Crippen LogP contribution is -2.20. The average Bonchev–Trinajstić information content (AvgIpc) is 3.15. The Hall–Kier alpha value is -3.55. The van der Waals surface area contributed by atoms with Crippen molar-refractivity contribution in [2.75, 3.05) is 13.7 Å². The van der Waals surface area contributed by atoms with Crippen molar-refractivity contribution in [3.05, 3.63) is 53.9 Å². The van der Waals surface area contributed by atoms with Gasteiger partial charge in [-0.15, -0.1) is 0 Å². The lowest BCUT2D eigenvalue weighted by Gasteiger charge is -2.11. The Labute approximate surface area is 155 Å². The van der Waals surface area contributed by atoms with E-state index in [0.717, 1.165) is 11.4 Å². The Morgan fingerprint density at radius 3 is 2.70 bits per heavy atom. The fourth-order valence-corrected chi connectivity index (χ4v) is 2.56. The summed E-state index contributed by atoms with van der Waals surface area (Å²) >= 11 is 0. The first-order valence-corrected chi connectivity index (χ1v) is 8.23. The molecule has 1 aromatic heterocycles. The fraction of sp³-hybridized carbons (Fsp3) is 0.211. The SMILES string of the molecule is COc1cc(C(=O)CC2=NN=C(c3ccccn3)C2)ccc1OCC(N)=O. The fourth-order valence-electron chi connectivity index (χ4n) is 2.56. The van der Waals surface area contributed by atoms with Crippen molar-refractivity contribution >= 4 is 23.1 Å². The van der Waals surface area contributed by atoms with Gasteiger partial charge in [-0.25, -0.2) is 0 Å². The second kappa shape index (κ2) is 8.22. The van der Waals surface area contributed by atoms with E-state index < -0.39 is 5.91 Å². The number of Topliss-reactive ketones (excluding diaryl/α,β-unsaturated/α-hetero) is 1. The van der Waals surface area contributed by atoms with Gasteiger partial charge >= 0.3 is 0 Å². The molecule has 2 N–H and O–H groups in total. The number of pyridine rings is 1. The Kier molecular flexibility index (Phi) is 5.55. The summed E-state index contributed by atoms with van der Waals surface area (Å²) in [5.74, 6) is -0.0288. The molecule has 1 amide bonds. The van der Waals surface area contributed by atoms with E-state index in [2.05, 4.69) is 15.2 Å². The topological polar surface area (TPSA) is 116 Å². The molecule has 0 fully saturated rings. The third kappa shape index (κ3) is 4.55. The van der Waals surface area contributed by atoms with Gasteiger partial charge in [0, 0.05) is 18.2 Å². The molecule has 8 heteroatoms. The molecule has 3 rings (SSSR count). The predicted octanol–water partition coefficient (Wildman–Crippen LogP) is 1.78. The Morgan fingerprint density at radius 2 is 2.00 bits per heavy atom. The number of benzene rings is 1. The van der Waals surface area contributed by atoms with Gasteiger partial charge in [0.25, 0.3) is 5.91 Å². The van der Waals surface area contributed by atoms with E-state index in [0.29, 0.717) is 29.2 Å². The van der Waals surface area contributed by atoms with Crippen LogP contribution in [0.4, 0.5) is 0 Å². The first-order chi connectivity index (χ1) is 13.1. The standard InChI is InChI=1S/C19H18N4O4/c1-26-18-8-12(5-6-17(18)27-11-19(20)25)16(24)10-13-9-15(23-22-13)14-4-2-3-7-21-14/h2-8H,9-11H2,1H3,(H2,20,25). The zero-order valence-corrected chi connectivity index (χ0v) is 14.7. The summed E-state index contributed by atoms with van der Waals surface area (Å²) in [4.78, 5) is 27.7. The van der Waals surface area contributed by atoms with Crippen molar-refractivity contribution in [3.63, 3.8) is 0 Å². The highest BCUT2D eigenvalue weighted by molar-refractivity contribution is 6.20. The van der Waals surface area contributed by atoms with Crippen LogP contribution < -0.4 is 15.2 Å². The molecule has 1 aromatic carbocycles. The third-order valence-corrected chi connectivity index (χ3v) is 3.86. The molecule has 8 nitrogen and oxygen atoms in total. The number of carbonyl (C=O) groups excluding carboxylic acids is 2. The second-order valence-corrected chi connectivity index (χ2v) is 5.83. The van der Waals surface area contributed by atoms with Gasteiger partial charge in [0.2, 0.25) is 0 Å². The first-order valence-electron chi connectivity index (χ1n) is 8.23. The number of primary amides is 1. The van der Waals surface area contributed by atoms with Crippen molar-refractivity contribution in [2.45, 2.75) is 12.8 Å². The zero-order chi connectivity index (χ0) is 19.2. The number of nitrogens with zero attached hydrogens (tertiary/aromatic N) is 3. The van der Waals surface area contributed by atoms with Crippen molar-refractivity contribution in [2.24, 2.45) is 15.9 Å². The van der Waals surface area contributed by atoms with E-state index in [4.69, 9.17) is 15.2 Å². The molecule has 0 bridgehead atoms. The van der Waals surface area contributed by atoms with Crippen molar-refractivity contribution in [1.29, 1.82) is 0 Å². The van der Waals surface area contributed by atoms with Gasteiger partial charge in [-0.3, -0.25) is 14.6 Å². The van der Waals surface area contributed by atoms with Gasteiger partial charge < -0.3 is 15.2 Å². The van der Waals surface area contributed by atoms with Crippen LogP contribution in [-0.2, 0) is 4.79 Å². The summed E-state index contributed by atoms with van der Waals surface area (Å²) in [5, 5.41) is 8.23. The van der Waals surface area contributed by atoms with Crippen LogP contribution in [-0.4, -0.2) is 41.8 Å². The highest BCUT2D eigenvalue weighted by atomic mass is 16.5. The first kappa shape index (κ1) is 18.2. The number of aromatic nitrogens is 1. The molecule has 1 aliphatic heterocycles. The van der Waals surface area contributed by atoms with E-state index in [1.54, 1.807) is 24.4 Å². The maximum Gasteiger partial charge on any atom is 0.255 e. The molecule has 0 aliphatic carbocycles. The molecule has 2 aromatic rings. The van der Waals surface area contributed by atoms with Gasteiger partial charge in [0.05, 0.1) is 30.6 Å². The molecule has 138 valence electrons. The highest BCUT2D eigenvalue weighted by Gasteiger charge is 2.19. The van der Waals surface area contributed by atoms with Crippen molar-refractivity contribution in [3.8, 4) is 11.5 Å². The smallest absolute Gasteiger partial charge is 0.255 e. The van der Waals surface area contributed by atoms with Crippen LogP contribution in [0.3, 0.4) is 0 Å². The summed E-state index contributed by atoms with van der Waals surface area (Å²) < 4.78 is 10.5. The normalized spacial score (nSPS) is 12.9. The molecule has 27 heavy (non-hydrogen) atoms. The van der Waals surface area contributed by atoms with E-state index in [1.165, 1.54) is 7.11 Å².